The van der Waals surface area contributed by atoms with Crippen molar-refractivity contribution in [3.05, 3.63) is 23.8 Å². The molecule has 1 aliphatic rings. The number of carbonyl (C=O) groups excluding carboxylic acids is 1. The molecule has 1 aromatic carbocycles. The Morgan fingerprint density at radius 1 is 1.47 bits per heavy atom. The minimum atomic E-state index is -0.359. The van der Waals surface area contributed by atoms with Gasteiger partial charge in [-0.15, -0.1) is 0 Å². The maximum atomic E-state index is 12.4. The van der Waals surface area contributed by atoms with Crippen molar-refractivity contribution in [2.75, 3.05) is 26.8 Å². The van der Waals surface area contributed by atoms with Gasteiger partial charge in [-0.2, -0.15) is 0 Å². The monoisotopic (exact) mass is 265 g/mol. The third-order valence-corrected chi connectivity index (χ3v) is 3.16. The lowest BCUT2D eigenvalue weighted by molar-refractivity contribution is -0.0764. The van der Waals surface area contributed by atoms with Crippen molar-refractivity contribution in [2.24, 2.45) is 0 Å². The molecule has 1 saturated heterocycles. The number of carbonyl (C=O) groups is 1. The van der Waals surface area contributed by atoms with Gasteiger partial charge in [0.25, 0.3) is 5.91 Å². The number of hydrogen-bond donors (Lipinski definition) is 1. The van der Waals surface area contributed by atoms with Gasteiger partial charge in [-0.05, 0) is 26.0 Å². The average Bonchev–Trinajstić information content (AvgIpc) is 2.37. The van der Waals surface area contributed by atoms with Crippen molar-refractivity contribution >= 4 is 5.91 Å². The summed E-state index contributed by atoms with van der Waals surface area (Å²) in [6.45, 7) is 5.42. The fraction of sp³-hybridized carbons (Fsp3) is 0.500. The number of nitrogens with zero attached hydrogens (tertiary/aromatic N) is 1. The summed E-state index contributed by atoms with van der Waals surface area (Å²) in [6, 6.07) is 4.91. The van der Waals surface area contributed by atoms with Crippen molar-refractivity contribution < 1.29 is 19.4 Å². The quantitative estimate of drug-likeness (QED) is 0.883. The van der Waals surface area contributed by atoms with Crippen LogP contribution in [0.4, 0.5) is 0 Å². The van der Waals surface area contributed by atoms with Gasteiger partial charge in [0.05, 0.1) is 24.9 Å². The first-order valence-electron chi connectivity index (χ1n) is 6.24. The van der Waals surface area contributed by atoms with Crippen LogP contribution in [0.3, 0.4) is 0 Å². The zero-order valence-electron chi connectivity index (χ0n) is 11.5. The highest BCUT2D eigenvalue weighted by molar-refractivity contribution is 5.97. The second-order valence-electron chi connectivity index (χ2n) is 5.19. The first kappa shape index (κ1) is 13.7. The molecule has 1 aliphatic heterocycles. The predicted molar refractivity (Wildman–Crippen MR) is 70.6 cm³/mol. The normalized spacial score (nSPS) is 18.2. The third kappa shape index (κ3) is 2.81. The van der Waals surface area contributed by atoms with Gasteiger partial charge in [0.1, 0.15) is 0 Å². The summed E-state index contributed by atoms with van der Waals surface area (Å²) in [5, 5.41) is 10.0. The van der Waals surface area contributed by atoms with Crippen LogP contribution in [0.1, 0.15) is 24.2 Å². The van der Waals surface area contributed by atoms with E-state index in [-0.39, 0.29) is 22.8 Å². The van der Waals surface area contributed by atoms with Gasteiger partial charge in [-0.1, -0.05) is 6.07 Å². The summed E-state index contributed by atoms with van der Waals surface area (Å²) in [6.07, 6.45) is 0. The number of aromatic hydroxyl groups is 1. The van der Waals surface area contributed by atoms with Crippen LogP contribution in [0.2, 0.25) is 0 Å². The number of hydrogen-bond acceptors (Lipinski definition) is 4. The number of para-hydroxylation sites is 1. The molecule has 0 atom stereocenters. The van der Waals surface area contributed by atoms with Gasteiger partial charge in [-0.25, -0.2) is 0 Å². The van der Waals surface area contributed by atoms with Crippen molar-refractivity contribution in [2.45, 2.75) is 19.4 Å². The van der Waals surface area contributed by atoms with Crippen molar-refractivity contribution in [3.63, 3.8) is 0 Å². The number of morpholine rings is 1. The maximum Gasteiger partial charge on any atom is 0.257 e. The largest absolute Gasteiger partial charge is 0.504 e. The number of ether oxygens (including phenoxy) is 2. The highest BCUT2D eigenvalue weighted by atomic mass is 16.5. The molecular formula is C14H19NO4. The van der Waals surface area contributed by atoms with E-state index in [9.17, 15) is 9.90 Å². The minimum absolute atomic E-state index is 0.112. The van der Waals surface area contributed by atoms with Crippen LogP contribution >= 0.6 is 0 Å². The molecule has 0 aromatic heterocycles. The van der Waals surface area contributed by atoms with Crippen LogP contribution in [-0.4, -0.2) is 48.3 Å². The number of phenolic OH excluding ortho intramolecular Hbond substituents is 1. The van der Waals surface area contributed by atoms with E-state index in [1.54, 1.807) is 23.1 Å². The molecule has 5 heteroatoms. The number of amides is 1. The van der Waals surface area contributed by atoms with Crippen LogP contribution in [0.25, 0.3) is 0 Å². The van der Waals surface area contributed by atoms with E-state index < -0.39 is 0 Å². The highest BCUT2D eigenvalue weighted by Gasteiger charge is 2.31. The molecule has 0 unspecified atom stereocenters. The van der Waals surface area contributed by atoms with E-state index in [0.29, 0.717) is 25.4 Å². The molecule has 0 aliphatic carbocycles. The lowest BCUT2D eigenvalue weighted by Gasteiger charge is -2.38. The molecule has 2 rings (SSSR count). The zero-order chi connectivity index (χ0) is 14.0. The van der Waals surface area contributed by atoms with Gasteiger partial charge in [0.15, 0.2) is 11.5 Å². The van der Waals surface area contributed by atoms with Crippen molar-refractivity contribution in [1.82, 2.24) is 4.90 Å². The number of methoxy groups -OCH3 is 1. The Morgan fingerprint density at radius 3 is 2.84 bits per heavy atom. The number of benzene rings is 1. The number of phenols is 1. The van der Waals surface area contributed by atoms with E-state index >= 15 is 0 Å². The fourth-order valence-corrected chi connectivity index (χ4v) is 2.22. The summed E-state index contributed by atoms with van der Waals surface area (Å²) in [7, 11) is 1.46. The average molecular weight is 265 g/mol. The standard InChI is InChI=1S/C14H19NO4/c1-14(2)9-15(7-8-19-14)13(17)10-5-4-6-11(18-3)12(10)16/h4-6,16H,7-9H2,1-3H3. The van der Waals surface area contributed by atoms with E-state index in [1.165, 1.54) is 7.11 Å². The van der Waals surface area contributed by atoms with Crippen LogP contribution in [0.5, 0.6) is 11.5 Å². The summed E-state index contributed by atoms with van der Waals surface area (Å²) >= 11 is 0. The molecule has 1 amide bonds. The first-order chi connectivity index (χ1) is 8.94. The molecule has 5 nitrogen and oxygen atoms in total. The molecule has 19 heavy (non-hydrogen) atoms. The Balaban J connectivity index is 2.25. The molecule has 1 N–H and O–H groups in total. The van der Waals surface area contributed by atoms with Crippen LogP contribution in [0.15, 0.2) is 18.2 Å². The molecule has 0 bridgehead atoms. The van der Waals surface area contributed by atoms with Crippen molar-refractivity contribution in [1.29, 1.82) is 0 Å². The van der Waals surface area contributed by atoms with Crippen LogP contribution in [-0.2, 0) is 4.74 Å². The van der Waals surface area contributed by atoms with Gasteiger partial charge < -0.3 is 19.5 Å². The smallest absolute Gasteiger partial charge is 0.257 e. The lowest BCUT2D eigenvalue weighted by atomic mass is 10.1. The van der Waals surface area contributed by atoms with Gasteiger partial charge in [0, 0.05) is 13.1 Å². The summed E-state index contributed by atoms with van der Waals surface area (Å²) in [4.78, 5) is 14.1. The lowest BCUT2D eigenvalue weighted by Crippen LogP contribution is -2.50. The highest BCUT2D eigenvalue weighted by Crippen LogP contribution is 2.31. The van der Waals surface area contributed by atoms with E-state index in [1.807, 2.05) is 13.8 Å². The Labute approximate surface area is 112 Å². The SMILES string of the molecule is COc1cccc(C(=O)N2CCOC(C)(C)C2)c1O. The molecule has 1 fully saturated rings. The Morgan fingerprint density at radius 2 is 2.21 bits per heavy atom. The first-order valence-corrected chi connectivity index (χ1v) is 6.24. The second kappa shape index (κ2) is 5.09. The summed E-state index contributed by atoms with van der Waals surface area (Å²) < 4.78 is 10.6. The van der Waals surface area contributed by atoms with Gasteiger partial charge in [0.2, 0.25) is 0 Å². The Hall–Kier alpha value is -1.75. The van der Waals surface area contributed by atoms with Gasteiger partial charge in [-0.3, -0.25) is 4.79 Å². The Bertz CT molecular complexity index is 484. The molecule has 1 aromatic rings. The summed E-state index contributed by atoms with van der Waals surface area (Å²) in [5.41, 5.74) is -0.0976. The Kier molecular flexibility index (Phi) is 3.66. The molecule has 104 valence electrons. The molecule has 0 spiro atoms. The zero-order valence-corrected chi connectivity index (χ0v) is 11.5. The third-order valence-electron chi connectivity index (χ3n) is 3.16. The van der Waals surface area contributed by atoms with Gasteiger partial charge >= 0.3 is 0 Å². The molecule has 0 saturated carbocycles. The molecule has 1 heterocycles. The fourth-order valence-electron chi connectivity index (χ4n) is 2.22. The summed E-state index contributed by atoms with van der Waals surface area (Å²) in [5.74, 6) is -0.00885. The van der Waals surface area contributed by atoms with Crippen molar-refractivity contribution in [3.8, 4) is 11.5 Å². The predicted octanol–water partition coefficient (Wildman–Crippen LogP) is 1.65. The molecule has 0 radical (unpaired) electrons. The topological polar surface area (TPSA) is 59.0 Å². The minimum Gasteiger partial charge on any atom is -0.504 e. The number of rotatable bonds is 2. The van der Waals surface area contributed by atoms with E-state index in [2.05, 4.69) is 0 Å². The van der Waals surface area contributed by atoms with Crippen LogP contribution in [0, 0.1) is 0 Å². The maximum absolute atomic E-state index is 12.4. The second-order valence-corrected chi connectivity index (χ2v) is 5.19. The molecular weight excluding hydrogens is 246 g/mol. The van der Waals surface area contributed by atoms with E-state index in [4.69, 9.17) is 9.47 Å². The van der Waals surface area contributed by atoms with E-state index in [0.717, 1.165) is 0 Å². The van der Waals surface area contributed by atoms with Crippen LogP contribution < -0.4 is 4.74 Å².